The first kappa shape index (κ1) is 17.6. The Balaban J connectivity index is 2.72. The summed E-state index contributed by atoms with van der Waals surface area (Å²) in [6.45, 7) is 8.84. The highest BCUT2D eigenvalue weighted by atomic mass is 14.9. The quantitative estimate of drug-likeness (QED) is 0.325. The van der Waals surface area contributed by atoms with E-state index < -0.39 is 0 Å². The molecule has 3 nitrogen and oxygen atoms in total. The lowest BCUT2D eigenvalue weighted by atomic mass is 10.0. The topological polar surface area (TPSA) is 48.2 Å². The molecule has 0 spiro atoms. The molecule has 0 unspecified atom stereocenters. The summed E-state index contributed by atoms with van der Waals surface area (Å²) in [6.07, 6.45) is 8.00. The van der Waals surface area contributed by atoms with Crippen LogP contribution in [0.3, 0.4) is 0 Å². The van der Waals surface area contributed by atoms with Crippen LogP contribution in [0.4, 0.5) is 0 Å². The third kappa shape index (κ3) is 6.35. The maximum absolute atomic E-state index is 6.89. The average Bonchev–Trinajstić information content (AvgIpc) is 2.50. The fraction of sp³-hybridized carbons (Fsp3) is 0.263. The molecule has 3 heteroatoms. The van der Waals surface area contributed by atoms with E-state index in [0.29, 0.717) is 6.54 Å². The zero-order valence-corrected chi connectivity index (χ0v) is 13.7. The van der Waals surface area contributed by atoms with Gasteiger partial charge in [0.15, 0.2) is 0 Å². The molecule has 0 atom stereocenters. The Morgan fingerprint density at radius 2 is 2.18 bits per heavy atom. The van der Waals surface area contributed by atoms with Crippen LogP contribution in [0.5, 0.6) is 0 Å². The number of hydrogen-bond donors (Lipinski definition) is 2. The Morgan fingerprint density at radius 1 is 1.41 bits per heavy atom. The van der Waals surface area contributed by atoms with E-state index in [1.54, 1.807) is 0 Å². The summed E-state index contributed by atoms with van der Waals surface area (Å²) < 4.78 is 0. The molecule has 2 N–H and O–H groups in total. The molecule has 116 valence electrons. The minimum absolute atomic E-state index is 0.633. The molecule has 1 rings (SSSR count). The van der Waals surface area contributed by atoms with Crippen molar-refractivity contribution in [1.29, 1.82) is 5.41 Å². The molecule has 0 bridgehead atoms. The lowest BCUT2D eigenvalue weighted by molar-refractivity contribution is 1.06. The van der Waals surface area contributed by atoms with Crippen molar-refractivity contribution in [2.45, 2.75) is 20.3 Å². The van der Waals surface area contributed by atoms with Crippen molar-refractivity contribution in [2.24, 2.45) is 4.99 Å². The smallest absolute Gasteiger partial charge is 0.0793 e. The fourth-order valence-electron chi connectivity index (χ4n) is 2.03. The van der Waals surface area contributed by atoms with E-state index in [-0.39, 0.29) is 0 Å². The minimum atomic E-state index is 0.633. The van der Waals surface area contributed by atoms with Gasteiger partial charge in [0.1, 0.15) is 0 Å². The molecule has 22 heavy (non-hydrogen) atoms. The van der Waals surface area contributed by atoms with Crippen molar-refractivity contribution in [1.82, 2.24) is 5.32 Å². The summed E-state index contributed by atoms with van der Waals surface area (Å²) >= 11 is 0. The predicted molar refractivity (Wildman–Crippen MR) is 97.1 cm³/mol. The Kier molecular flexibility index (Phi) is 7.62. The molecule has 0 aliphatic carbocycles. The van der Waals surface area contributed by atoms with Crippen LogP contribution in [0, 0.1) is 12.3 Å². The van der Waals surface area contributed by atoms with Gasteiger partial charge in [-0.1, -0.05) is 48.6 Å². The van der Waals surface area contributed by atoms with E-state index in [1.165, 1.54) is 17.5 Å². The molecule has 0 aliphatic heterocycles. The molecule has 0 aliphatic rings. The van der Waals surface area contributed by atoms with Gasteiger partial charge in [-0.15, -0.1) is 0 Å². The SMILES string of the molecule is C=C(/C=C\CNC=N)/C(C)=C/C(Cc1cccc(C)c1)=N\C. The second-order valence-corrected chi connectivity index (χ2v) is 5.19. The number of nitrogens with zero attached hydrogens (tertiary/aromatic N) is 1. The van der Waals surface area contributed by atoms with E-state index in [4.69, 9.17) is 5.41 Å². The van der Waals surface area contributed by atoms with Crippen LogP contribution in [0.1, 0.15) is 18.1 Å². The van der Waals surface area contributed by atoms with Crippen molar-refractivity contribution < 1.29 is 0 Å². The summed E-state index contributed by atoms with van der Waals surface area (Å²) in [7, 11) is 1.82. The van der Waals surface area contributed by atoms with E-state index in [1.807, 2.05) is 26.1 Å². The van der Waals surface area contributed by atoms with Gasteiger partial charge in [-0.25, -0.2) is 0 Å². The third-order valence-electron chi connectivity index (χ3n) is 3.30. The molecule has 0 radical (unpaired) electrons. The molecule has 1 aromatic carbocycles. The number of aryl methyl sites for hydroxylation is 1. The monoisotopic (exact) mass is 295 g/mol. The van der Waals surface area contributed by atoms with Crippen LogP contribution in [-0.4, -0.2) is 25.6 Å². The fourth-order valence-corrected chi connectivity index (χ4v) is 2.03. The number of benzene rings is 1. The minimum Gasteiger partial charge on any atom is -0.373 e. The van der Waals surface area contributed by atoms with Crippen LogP contribution in [0.2, 0.25) is 0 Å². The first-order valence-electron chi connectivity index (χ1n) is 7.34. The highest BCUT2D eigenvalue weighted by molar-refractivity contribution is 5.97. The maximum Gasteiger partial charge on any atom is 0.0793 e. The van der Waals surface area contributed by atoms with E-state index >= 15 is 0 Å². The molecular weight excluding hydrogens is 270 g/mol. The van der Waals surface area contributed by atoms with Gasteiger partial charge in [0, 0.05) is 25.7 Å². The summed E-state index contributed by atoms with van der Waals surface area (Å²) in [4.78, 5) is 4.38. The van der Waals surface area contributed by atoms with Gasteiger partial charge >= 0.3 is 0 Å². The van der Waals surface area contributed by atoms with Crippen LogP contribution >= 0.6 is 0 Å². The summed E-state index contributed by atoms with van der Waals surface area (Å²) in [6, 6.07) is 8.49. The van der Waals surface area contributed by atoms with E-state index in [2.05, 4.69) is 54.2 Å². The van der Waals surface area contributed by atoms with Gasteiger partial charge in [0.25, 0.3) is 0 Å². The van der Waals surface area contributed by atoms with E-state index in [0.717, 1.165) is 23.3 Å². The Hall–Kier alpha value is -2.42. The first-order valence-corrected chi connectivity index (χ1v) is 7.34. The van der Waals surface area contributed by atoms with Crippen molar-refractivity contribution >= 4 is 12.1 Å². The van der Waals surface area contributed by atoms with Crippen LogP contribution in [0.25, 0.3) is 0 Å². The largest absolute Gasteiger partial charge is 0.373 e. The van der Waals surface area contributed by atoms with Crippen molar-refractivity contribution in [3.63, 3.8) is 0 Å². The van der Waals surface area contributed by atoms with Crippen molar-refractivity contribution in [3.8, 4) is 0 Å². The molecule has 0 heterocycles. The maximum atomic E-state index is 6.89. The number of hydrogen-bond acceptors (Lipinski definition) is 2. The highest BCUT2D eigenvalue weighted by Gasteiger charge is 2.01. The lowest BCUT2D eigenvalue weighted by Gasteiger charge is -2.06. The second-order valence-electron chi connectivity index (χ2n) is 5.19. The van der Waals surface area contributed by atoms with Crippen molar-refractivity contribution in [2.75, 3.05) is 13.6 Å². The molecule has 0 aromatic heterocycles. The summed E-state index contributed by atoms with van der Waals surface area (Å²) in [5, 5.41) is 9.70. The molecule has 1 aromatic rings. The Morgan fingerprint density at radius 3 is 2.82 bits per heavy atom. The first-order chi connectivity index (χ1) is 10.6. The van der Waals surface area contributed by atoms with Gasteiger partial charge in [0.05, 0.1) is 6.34 Å². The Labute approximate surface area is 133 Å². The average molecular weight is 295 g/mol. The summed E-state index contributed by atoms with van der Waals surface area (Å²) in [5.74, 6) is 0. The van der Waals surface area contributed by atoms with Crippen LogP contribution in [-0.2, 0) is 6.42 Å². The zero-order valence-electron chi connectivity index (χ0n) is 13.7. The number of allylic oxidation sites excluding steroid dienone is 4. The van der Waals surface area contributed by atoms with Gasteiger partial charge in [-0.3, -0.25) is 10.4 Å². The molecular formula is C19H25N3. The predicted octanol–water partition coefficient (Wildman–Crippen LogP) is 3.86. The normalized spacial score (nSPS) is 12.5. The second kappa shape index (κ2) is 9.50. The number of nitrogens with one attached hydrogen (secondary N) is 2. The Bertz CT molecular complexity index is 607. The zero-order chi connectivity index (χ0) is 16.4. The van der Waals surface area contributed by atoms with Crippen LogP contribution < -0.4 is 5.32 Å². The molecule has 0 saturated carbocycles. The van der Waals surface area contributed by atoms with Gasteiger partial charge < -0.3 is 5.32 Å². The molecule has 0 saturated heterocycles. The van der Waals surface area contributed by atoms with E-state index in [9.17, 15) is 0 Å². The molecule has 0 fully saturated rings. The number of aliphatic imine (C=N–C) groups is 1. The molecule has 0 amide bonds. The van der Waals surface area contributed by atoms with Gasteiger partial charge in [0.2, 0.25) is 0 Å². The van der Waals surface area contributed by atoms with Crippen LogP contribution in [0.15, 0.2) is 65.2 Å². The highest BCUT2D eigenvalue weighted by Crippen LogP contribution is 2.11. The third-order valence-corrected chi connectivity index (χ3v) is 3.30. The lowest BCUT2D eigenvalue weighted by Crippen LogP contribution is -2.08. The van der Waals surface area contributed by atoms with Gasteiger partial charge in [-0.05, 0) is 36.6 Å². The summed E-state index contributed by atoms with van der Waals surface area (Å²) in [5.41, 5.74) is 5.62. The number of rotatable bonds is 8. The van der Waals surface area contributed by atoms with Crippen molar-refractivity contribution in [3.05, 3.63) is 71.3 Å². The standard InChI is InChI=1S/C19H25N3/c1-15-7-5-9-18(11-15)13-19(21-4)12-17(3)16(2)8-6-10-22-14-20/h5-9,11-12,14H,2,10,13H2,1,3-4H3,(H2,20,22)/b8-6-,17-12+,21-19+. The van der Waals surface area contributed by atoms with Gasteiger partial charge in [-0.2, -0.15) is 0 Å².